The van der Waals surface area contributed by atoms with E-state index in [4.69, 9.17) is 4.42 Å². The first-order valence-electron chi connectivity index (χ1n) is 7.32. The van der Waals surface area contributed by atoms with E-state index < -0.39 is 0 Å². The van der Waals surface area contributed by atoms with Gasteiger partial charge < -0.3 is 9.73 Å². The highest BCUT2D eigenvalue weighted by atomic mass is 16.3. The number of aromatic amines is 1. The van der Waals surface area contributed by atoms with Crippen molar-refractivity contribution in [2.75, 3.05) is 19.6 Å². The molecule has 3 heterocycles. The third kappa shape index (κ3) is 3.11. The molecule has 0 spiro atoms. The molecule has 1 aliphatic heterocycles. The Hall–Kier alpha value is -1.59. The quantitative estimate of drug-likeness (QED) is 0.848. The van der Waals surface area contributed by atoms with Crippen molar-refractivity contribution in [1.82, 2.24) is 20.4 Å². The molecule has 0 aromatic carbocycles. The number of hydrogen-bond donors (Lipinski definition) is 2. The molecule has 20 heavy (non-hydrogen) atoms. The van der Waals surface area contributed by atoms with Gasteiger partial charge in [0.25, 0.3) is 0 Å². The Labute approximate surface area is 119 Å². The Morgan fingerprint density at radius 1 is 1.35 bits per heavy atom. The summed E-state index contributed by atoms with van der Waals surface area (Å²) in [6.45, 7) is 6.03. The normalized spacial score (nSPS) is 17.6. The second-order valence-electron chi connectivity index (χ2n) is 5.42. The molecule has 2 aromatic rings. The first-order chi connectivity index (χ1) is 9.83. The minimum atomic E-state index is 0.328. The van der Waals surface area contributed by atoms with Gasteiger partial charge in [0, 0.05) is 25.0 Å². The number of nitrogens with one attached hydrogen (secondary N) is 2. The Kier molecular flexibility index (Phi) is 4.18. The van der Waals surface area contributed by atoms with Crippen LogP contribution in [-0.4, -0.2) is 34.7 Å². The van der Waals surface area contributed by atoms with Gasteiger partial charge in [-0.25, -0.2) is 0 Å². The standard InChI is InChI=1S/C15H22N4O/c1-12-4-5-15(20-12)14(19-8-2-3-9-19)11-16-10-13-6-7-17-18-13/h4-7,14,16H,2-3,8-11H2,1H3,(H,17,18). The highest BCUT2D eigenvalue weighted by Gasteiger charge is 2.25. The lowest BCUT2D eigenvalue weighted by Gasteiger charge is -2.26. The average Bonchev–Trinajstić information content (AvgIpc) is 3.17. The van der Waals surface area contributed by atoms with E-state index in [2.05, 4.69) is 26.5 Å². The fourth-order valence-corrected chi connectivity index (χ4v) is 2.82. The van der Waals surface area contributed by atoms with E-state index >= 15 is 0 Å². The molecule has 1 atom stereocenters. The molecule has 0 saturated carbocycles. The van der Waals surface area contributed by atoms with E-state index in [1.165, 1.54) is 12.8 Å². The molecule has 1 unspecified atom stereocenters. The van der Waals surface area contributed by atoms with Crippen LogP contribution in [-0.2, 0) is 6.54 Å². The van der Waals surface area contributed by atoms with Crippen LogP contribution in [0, 0.1) is 6.92 Å². The molecule has 0 radical (unpaired) electrons. The average molecular weight is 274 g/mol. The lowest BCUT2D eigenvalue weighted by atomic mass is 10.2. The number of aryl methyl sites for hydroxylation is 1. The summed E-state index contributed by atoms with van der Waals surface area (Å²) in [7, 11) is 0. The zero-order valence-electron chi connectivity index (χ0n) is 11.9. The van der Waals surface area contributed by atoms with Crippen molar-refractivity contribution in [3.05, 3.63) is 41.6 Å². The molecule has 2 aromatic heterocycles. The Balaban J connectivity index is 1.62. The van der Waals surface area contributed by atoms with E-state index in [-0.39, 0.29) is 0 Å². The van der Waals surface area contributed by atoms with Crippen LogP contribution in [0.1, 0.15) is 36.1 Å². The third-order valence-corrected chi connectivity index (χ3v) is 3.88. The maximum Gasteiger partial charge on any atom is 0.122 e. The summed E-state index contributed by atoms with van der Waals surface area (Å²) in [4.78, 5) is 2.51. The SMILES string of the molecule is Cc1ccc(C(CNCc2ccn[nH]2)N2CCCC2)o1. The summed E-state index contributed by atoms with van der Waals surface area (Å²) in [6, 6.07) is 6.48. The van der Waals surface area contributed by atoms with E-state index in [9.17, 15) is 0 Å². The summed E-state index contributed by atoms with van der Waals surface area (Å²) in [6.07, 6.45) is 4.36. The van der Waals surface area contributed by atoms with Gasteiger partial charge in [-0.15, -0.1) is 0 Å². The molecule has 5 nitrogen and oxygen atoms in total. The summed E-state index contributed by atoms with van der Waals surface area (Å²) in [5.41, 5.74) is 1.11. The molecular weight excluding hydrogens is 252 g/mol. The maximum absolute atomic E-state index is 5.84. The molecule has 1 fully saturated rings. The van der Waals surface area contributed by atoms with Gasteiger partial charge in [-0.3, -0.25) is 10.00 Å². The minimum Gasteiger partial charge on any atom is -0.465 e. The van der Waals surface area contributed by atoms with Crippen LogP contribution < -0.4 is 5.32 Å². The van der Waals surface area contributed by atoms with Crippen molar-refractivity contribution >= 4 is 0 Å². The Bertz CT molecular complexity index is 514. The van der Waals surface area contributed by atoms with Gasteiger partial charge in [-0.1, -0.05) is 0 Å². The predicted molar refractivity (Wildman–Crippen MR) is 77.3 cm³/mol. The van der Waals surface area contributed by atoms with Crippen LogP contribution >= 0.6 is 0 Å². The minimum absolute atomic E-state index is 0.328. The van der Waals surface area contributed by atoms with Crippen LogP contribution in [0.2, 0.25) is 0 Å². The molecule has 0 bridgehead atoms. The monoisotopic (exact) mass is 274 g/mol. The molecule has 1 saturated heterocycles. The lowest BCUT2D eigenvalue weighted by Crippen LogP contribution is -2.33. The van der Waals surface area contributed by atoms with Gasteiger partial charge in [-0.05, 0) is 51.1 Å². The van der Waals surface area contributed by atoms with Crippen LogP contribution in [0.5, 0.6) is 0 Å². The number of likely N-dealkylation sites (tertiary alicyclic amines) is 1. The van der Waals surface area contributed by atoms with E-state index in [0.717, 1.165) is 43.4 Å². The topological polar surface area (TPSA) is 57.1 Å². The maximum atomic E-state index is 5.84. The largest absolute Gasteiger partial charge is 0.465 e. The molecule has 0 amide bonds. The number of hydrogen-bond acceptors (Lipinski definition) is 4. The Morgan fingerprint density at radius 3 is 2.85 bits per heavy atom. The third-order valence-electron chi connectivity index (χ3n) is 3.88. The van der Waals surface area contributed by atoms with Crippen molar-refractivity contribution < 1.29 is 4.42 Å². The van der Waals surface area contributed by atoms with E-state index in [1.807, 2.05) is 19.1 Å². The zero-order chi connectivity index (χ0) is 13.8. The highest BCUT2D eigenvalue weighted by molar-refractivity contribution is 5.11. The number of nitrogens with zero attached hydrogens (tertiary/aromatic N) is 2. The predicted octanol–water partition coefficient (Wildman–Crippen LogP) is 2.24. The first-order valence-corrected chi connectivity index (χ1v) is 7.32. The van der Waals surface area contributed by atoms with Gasteiger partial charge in [0.15, 0.2) is 0 Å². The smallest absolute Gasteiger partial charge is 0.122 e. The van der Waals surface area contributed by atoms with Gasteiger partial charge >= 0.3 is 0 Å². The van der Waals surface area contributed by atoms with Gasteiger partial charge in [-0.2, -0.15) is 5.10 Å². The Morgan fingerprint density at radius 2 is 2.20 bits per heavy atom. The van der Waals surface area contributed by atoms with Crippen LogP contribution in [0.4, 0.5) is 0 Å². The summed E-state index contributed by atoms with van der Waals surface area (Å²) in [5, 5.41) is 10.4. The molecular formula is C15H22N4O. The van der Waals surface area contributed by atoms with Crippen molar-refractivity contribution in [3.63, 3.8) is 0 Å². The van der Waals surface area contributed by atoms with E-state index in [0.29, 0.717) is 6.04 Å². The number of H-pyrrole nitrogens is 1. The van der Waals surface area contributed by atoms with Crippen molar-refractivity contribution in [2.45, 2.75) is 32.4 Å². The molecule has 1 aliphatic rings. The fraction of sp³-hybridized carbons (Fsp3) is 0.533. The molecule has 3 rings (SSSR count). The second kappa shape index (κ2) is 6.24. The highest BCUT2D eigenvalue weighted by Crippen LogP contribution is 2.26. The summed E-state index contributed by atoms with van der Waals surface area (Å²) in [5.74, 6) is 2.05. The van der Waals surface area contributed by atoms with Crippen molar-refractivity contribution in [1.29, 1.82) is 0 Å². The van der Waals surface area contributed by atoms with Crippen LogP contribution in [0.3, 0.4) is 0 Å². The van der Waals surface area contributed by atoms with Crippen molar-refractivity contribution in [3.8, 4) is 0 Å². The van der Waals surface area contributed by atoms with Gasteiger partial charge in [0.05, 0.1) is 6.04 Å². The van der Waals surface area contributed by atoms with Crippen LogP contribution in [0.25, 0.3) is 0 Å². The summed E-state index contributed by atoms with van der Waals surface area (Å²) >= 11 is 0. The number of aromatic nitrogens is 2. The van der Waals surface area contributed by atoms with Gasteiger partial charge in [0.2, 0.25) is 0 Å². The lowest BCUT2D eigenvalue weighted by molar-refractivity contribution is 0.207. The molecule has 5 heteroatoms. The zero-order valence-corrected chi connectivity index (χ0v) is 11.9. The molecule has 2 N–H and O–H groups in total. The van der Waals surface area contributed by atoms with Gasteiger partial charge in [0.1, 0.15) is 11.5 Å². The molecule has 108 valence electrons. The molecule has 0 aliphatic carbocycles. The second-order valence-corrected chi connectivity index (χ2v) is 5.42. The van der Waals surface area contributed by atoms with E-state index in [1.54, 1.807) is 6.20 Å². The number of furan rings is 1. The fourth-order valence-electron chi connectivity index (χ4n) is 2.82. The first kappa shape index (κ1) is 13.4. The summed E-state index contributed by atoms with van der Waals surface area (Å²) < 4.78 is 5.84. The van der Waals surface area contributed by atoms with Crippen molar-refractivity contribution in [2.24, 2.45) is 0 Å². The van der Waals surface area contributed by atoms with Crippen LogP contribution in [0.15, 0.2) is 28.8 Å². The number of rotatable bonds is 6.